The number of hydrogen-bond donors (Lipinski definition) is 1. The molecule has 104 valence electrons. The Morgan fingerprint density at radius 1 is 1.21 bits per heavy atom. The molecule has 0 saturated heterocycles. The van der Waals surface area contributed by atoms with E-state index in [1.54, 1.807) is 0 Å². The smallest absolute Gasteiger partial charge is 0.0947 e. The molecule has 1 saturated carbocycles. The summed E-state index contributed by atoms with van der Waals surface area (Å²) in [6.45, 7) is 4.46. The number of rotatable bonds is 4. The van der Waals surface area contributed by atoms with Gasteiger partial charge in [-0.25, -0.2) is 0 Å². The van der Waals surface area contributed by atoms with Gasteiger partial charge in [0, 0.05) is 12.6 Å². The quantitative estimate of drug-likeness (QED) is 0.898. The Morgan fingerprint density at radius 3 is 2.68 bits per heavy atom. The van der Waals surface area contributed by atoms with Crippen LogP contribution in [-0.2, 0) is 6.42 Å². The standard InChI is InChI=1S/C17H25NO/c1-2-18(12-13-6-5-7-13)16-11-10-14-8-3-4-9-15(14)17(16)19/h3-4,8-9,13,16-17,19H,2,5-7,10-12H2,1H3. The molecule has 3 rings (SSSR count). The van der Waals surface area contributed by atoms with Crippen molar-refractivity contribution in [2.45, 2.75) is 51.2 Å². The third kappa shape index (κ3) is 2.56. The predicted octanol–water partition coefficient (Wildman–Crippen LogP) is 3.16. The number of nitrogens with zero attached hydrogens (tertiary/aromatic N) is 1. The van der Waals surface area contributed by atoms with Gasteiger partial charge in [-0.3, -0.25) is 4.90 Å². The summed E-state index contributed by atoms with van der Waals surface area (Å²) in [5.41, 5.74) is 2.50. The first-order chi connectivity index (χ1) is 9.29. The van der Waals surface area contributed by atoms with Gasteiger partial charge in [0.05, 0.1) is 6.10 Å². The zero-order chi connectivity index (χ0) is 13.2. The Morgan fingerprint density at radius 2 is 2.00 bits per heavy atom. The van der Waals surface area contributed by atoms with Gasteiger partial charge < -0.3 is 5.11 Å². The Bertz CT molecular complexity index is 427. The van der Waals surface area contributed by atoms with Crippen LogP contribution < -0.4 is 0 Å². The second kappa shape index (κ2) is 5.64. The van der Waals surface area contributed by atoms with E-state index in [-0.39, 0.29) is 6.10 Å². The molecule has 0 amide bonds. The van der Waals surface area contributed by atoms with Crippen molar-refractivity contribution < 1.29 is 5.11 Å². The van der Waals surface area contributed by atoms with E-state index >= 15 is 0 Å². The average Bonchev–Trinajstić information content (AvgIpc) is 2.40. The fourth-order valence-electron chi connectivity index (χ4n) is 3.61. The maximum atomic E-state index is 10.7. The molecule has 1 aromatic rings. The molecule has 2 aliphatic carbocycles. The SMILES string of the molecule is CCN(CC1CCC1)C1CCc2ccccc2C1O. The molecule has 0 spiro atoms. The van der Waals surface area contributed by atoms with Gasteiger partial charge in [0.2, 0.25) is 0 Å². The minimum absolute atomic E-state index is 0.301. The fraction of sp³-hybridized carbons (Fsp3) is 0.647. The lowest BCUT2D eigenvalue weighted by Gasteiger charge is -2.41. The van der Waals surface area contributed by atoms with E-state index in [9.17, 15) is 5.11 Å². The van der Waals surface area contributed by atoms with Gasteiger partial charge in [0.25, 0.3) is 0 Å². The third-order valence-electron chi connectivity index (χ3n) is 5.04. The van der Waals surface area contributed by atoms with E-state index in [1.165, 1.54) is 31.4 Å². The third-order valence-corrected chi connectivity index (χ3v) is 5.04. The highest BCUT2D eigenvalue weighted by Crippen LogP contribution is 2.35. The molecule has 0 radical (unpaired) electrons. The zero-order valence-electron chi connectivity index (χ0n) is 11.9. The maximum absolute atomic E-state index is 10.7. The van der Waals surface area contributed by atoms with Gasteiger partial charge in [-0.05, 0) is 49.3 Å². The van der Waals surface area contributed by atoms with Crippen LogP contribution in [0.5, 0.6) is 0 Å². The van der Waals surface area contributed by atoms with Crippen molar-refractivity contribution in [1.82, 2.24) is 4.90 Å². The molecule has 2 heteroatoms. The minimum atomic E-state index is -0.301. The molecule has 0 bridgehead atoms. The Kier molecular flexibility index (Phi) is 3.90. The number of likely N-dealkylation sites (N-methyl/N-ethyl adjacent to an activating group) is 1. The Labute approximate surface area is 116 Å². The number of aryl methyl sites for hydroxylation is 1. The lowest BCUT2D eigenvalue weighted by atomic mass is 9.82. The summed E-state index contributed by atoms with van der Waals surface area (Å²) in [6, 6.07) is 8.71. The van der Waals surface area contributed by atoms with Gasteiger partial charge in [0.15, 0.2) is 0 Å². The van der Waals surface area contributed by atoms with Crippen LogP contribution in [0.15, 0.2) is 24.3 Å². The number of aliphatic hydroxyl groups excluding tert-OH is 1. The number of fused-ring (bicyclic) bond motifs is 1. The first kappa shape index (κ1) is 13.1. The number of benzene rings is 1. The first-order valence-electron chi connectivity index (χ1n) is 7.79. The van der Waals surface area contributed by atoms with Crippen LogP contribution >= 0.6 is 0 Å². The van der Waals surface area contributed by atoms with Crippen LogP contribution in [-0.4, -0.2) is 29.1 Å². The summed E-state index contributed by atoms with van der Waals surface area (Å²) in [5.74, 6) is 0.879. The van der Waals surface area contributed by atoms with Crippen LogP contribution in [0.1, 0.15) is 49.8 Å². The van der Waals surface area contributed by atoms with Gasteiger partial charge >= 0.3 is 0 Å². The molecule has 1 fully saturated rings. The lowest BCUT2D eigenvalue weighted by Crippen LogP contribution is -2.45. The van der Waals surface area contributed by atoms with E-state index in [0.29, 0.717) is 6.04 Å². The predicted molar refractivity (Wildman–Crippen MR) is 78.1 cm³/mol. The molecule has 2 unspecified atom stereocenters. The van der Waals surface area contributed by atoms with E-state index in [0.717, 1.165) is 30.9 Å². The zero-order valence-corrected chi connectivity index (χ0v) is 11.9. The van der Waals surface area contributed by atoms with Crippen molar-refractivity contribution in [3.05, 3.63) is 35.4 Å². The van der Waals surface area contributed by atoms with Crippen LogP contribution in [0.25, 0.3) is 0 Å². The highest BCUT2D eigenvalue weighted by atomic mass is 16.3. The van der Waals surface area contributed by atoms with Gasteiger partial charge in [-0.15, -0.1) is 0 Å². The largest absolute Gasteiger partial charge is 0.387 e. The molecule has 2 aliphatic rings. The highest BCUT2D eigenvalue weighted by molar-refractivity contribution is 5.32. The molecule has 0 aliphatic heterocycles. The monoisotopic (exact) mass is 259 g/mol. The van der Waals surface area contributed by atoms with Gasteiger partial charge in [0.1, 0.15) is 0 Å². The van der Waals surface area contributed by atoms with Crippen LogP contribution in [0.3, 0.4) is 0 Å². The molecule has 2 atom stereocenters. The van der Waals surface area contributed by atoms with Crippen molar-refractivity contribution in [2.24, 2.45) is 5.92 Å². The fourth-order valence-corrected chi connectivity index (χ4v) is 3.61. The minimum Gasteiger partial charge on any atom is -0.387 e. The van der Waals surface area contributed by atoms with Crippen molar-refractivity contribution in [2.75, 3.05) is 13.1 Å². The van der Waals surface area contributed by atoms with Crippen molar-refractivity contribution in [3.8, 4) is 0 Å². The summed E-state index contributed by atoms with van der Waals surface area (Å²) in [7, 11) is 0. The molecular weight excluding hydrogens is 234 g/mol. The molecule has 1 aromatic carbocycles. The number of aliphatic hydroxyl groups is 1. The summed E-state index contributed by atoms with van der Waals surface area (Å²) >= 11 is 0. The molecule has 19 heavy (non-hydrogen) atoms. The van der Waals surface area contributed by atoms with Crippen LogP contribution in [0.2, 0.25) is 0 Å². The summed E-state index contributed by atoms with van der Waals surface area (Å²) < 4.78 is 0. The maximum Gasteiger partial charge on any atom is 0.0947 e. The van der Waals surface area contributed by atoms with E-state index in [4.69, 9.17) is 0 Å². The lowest BCUT2D eigenvalue weighted by molar-refractivity contribution is 0.0229. The van der Waals surface area contributed by atoms with Crippen molar-refractivity contribution >= 4 is 0 Å². The van der Waals surface area contributed by atoms with Gasteiger partial charge in [-0.1, -0.05) is 37.6 Å². The normalized spacial score (nSPS) is 27.1. The van der Waals surface area contributed by atoms with Crippen LogP contribution in [0.4, 0.5) is 0 Å². The van der Waals surface area contributed by atoms with E-state index < -0.39 is 0 Å². The average molecular weight is 259 g/mol. The van der Waals surface area contributed by atoms with Crippen molar-refractivity contribution in [1.29, 1.82) is 0 Å². The number of hydrogen-bond acceptors (Lipinski definition) is 2. The molecule has 0 heterocycles. The summed E-state index contributed by atoms with van der Waals surface area (Å²) in [4.78, 5) is 2.52. The van der Waals surface area contributed by atoms with E-state index in [1.807, 2.05) is 6.07 Å². The molecule has 1 N–H and O–H groups in total. The van der Waals surface area contributed by atoms with Gasteiger partial charge in [-0.2, -0.15) is 0 Å². The Balaban J connectivity index is 1.74. The van der Waals surface area contributed by atoms with E-state index in [2.05, 4.69) is 30.0 Å². The topological polar surface area (TPSA) is 23.5 Å². The van der Waals surface area contributed by atoms with Crippen LogP contribution in [0, 0.1) is 5.92 Å². The molecule has 2 nitrogen and oxygen atoms in total. The second-order valence-corrected chi connectivity index (χ2v) is 6.13. The highest BCUT2D eigenvalue weighted by Gasteiger charge is 2.33. The Hall–Kier alpha value is -0.860. The second-order valence-electron chi connectivity index (χ2n) is 6.13. The molecule has 0 aromatic heterocycles. The summed E-state index contributed by atoms with van der Waals surface area (Å²) in [6.07, 6.45) is 6.08. The first-order valence-corrected chi connectivity index (χ1v) is 7.79. The van der Waals surface area contributed by atoms with Crippen molar-refractivity contribution in [3.63, 3.8) is 0 Å². The summed E-state index contributed by atoms with van der Waals surface area (Å²) in [5, 5.41) is 10.7. The molecular formula is C17H25NO.